The summed E-state index contributed by atoms with van der Waals surface area (Å²) in [6, 6.07) is 4.43. The first-order chi connectivity index (χ1) is 6.61. The third-order valence-corrected chi connectivity index (χ3v) is 3.92. The highest BCUT2D eigenvalue weighted by Gasteiger charge is 2.18. The summed E-state index contributed by atoms with van der Waals surface area (Å²) in [7, 11) is 0. The van der Waals surface area contributed by atoms with Crippen LogP contribution in [0.25, 0.3) is 10.1 Å². The summed E-state index contributed by atoms with van der Waals surface area (Å²) < 4.78 is 14.2. The number of rotatable bonds is 1. The van der Waals surface area contributed by atoms with E-state index in [1.807, 2.05) is 22.6 Å². The van der Waals surface area contributed by atoms with Crippen molar-refractivity contribution in [1.29, 1.82) is 0 Å². The molecule has 1 aromatic heterocycles. The molecule has 72 valence electrons. The van der Waals surface area contributed by atoms with Crippen LogP contribution in [0, 0.1) is 18.8 Å². The van der Waals surface area contributed by atoms with Crippen molar-refractivity contribution in [3.05, 3.63) is 37.0 Å². The number of nitrogens with zero attached hydrogens (tertiary/aromatic N) is 1. The molecule has 0 aliphatic carbocycles. The van der Waals surface area contributed by atoms with Gasteiger partial charge in [0.1, 0.15) is 7.58 Å². The van der Waals surface area contributed by atoms with Gasteiger partial charge in [-0.1, -0.05) is 12.1 Å². The van der Waals surface area contributed by atoms with Gasteiger partial charge in [-0.05, 0) is 22.6 Å². The number of nitro benzene ring substituents is 1. The number of hydrogen-bond donors (Lipinski definition) is 0. The average Bonchev–Trinajstić information content (AvgIpc) is 2.43. The molecular weight excluding hydrogens is 320 g/mol. The molecule has 0 amide bonds. The maximum Gasteiger partial charge on any atom is 0.287 e. The standard InChI is InChI=1S/C8H3FINO2S/c9-6-4-2-1-3-5(11(12)13)7(4)14-8(6)10/h1-3H. The molecule has 0 bridgehead atoms. The van der Waals surface area contributed by atoms with E-state index in [9.17, 15) is 14.5 Å². The number of thiophene rings is 1. The molecule has 0 saturated heterocycles. The van der Waals surface area contributed by atoms with Crippen LogP contribution in [0.15, 0.2) is 18.2 Å². The summed E-state index contributed by atoms with van der Waals surface area (Å²) in [5, 5.41) is 11.0. The number of fused-ring (bicyclic) bond motifs is 1. The van der Waals surface area contributed by atoms with E-state index in [1.165, 1.54) is 12.1 Å². The zero-order valence-corrected chi connectivity index (χ0v) is 9.63. The first-order valence-corrected chi connectivity index (χ1v) is 5.51. The van der Waals surface area contributed by atoms with Gasteiger partial charge in [0.25, 0.3) is 5.69 Å². The fourth-order valence-electron chi connectivity index (χ4n) is 1.19. The molecule has 1 heterocycles. The molecule has 3 nitrogen and oxygen atoms in total. The molecule has 0 aliphatic rings. The lowest BCUT2D eigenvalue weighted by Gasteiger charge is -1.91. The van der Waals surface area contributed by atoms with Gasteiger partial charge in [-0.25, -0.2) is 4.39 Å². The van der Waals surface area contributed by atoms with E-state index in [-0.39, 0.29) is 11.5 Å². The first kappa shape index (κ1) is 9.78. The Kier molecular flexibility index (Phi) is 2.40. The Labute approximate surface area is 95.8 Å². The quantitative estimate of drug-likeness (QED) is 0.458. The minimum absolute atomic E-state index is 0.0330. The van der Waals surface area contributed by atoms with Crippen molar-refractivity contribution in [3.63, 3.8) is 0 Å². The SMILES string of the molecule is O=[N+]([O-])c1cccc2c(F)c(I)sc12. The molecule has 0 radical (unpaired) electrons. The predicted octanol–water partition coefficient (Wildman–Crippen LogP) is 3.55. The summed E-state index contributed by atoms with van der Waals surface area (Å²) in [5.74, 6) is -0.366. The highest BCUT2D eigenvalue weighted by atomic mass is 127. The van der Waals surface area contributed by atoms with Crippen LogP contribution < -0.4 is 0 Å². The van der Waals surface area contributed by atoms with E-state index in [1.54, 1.807) is 6.07 Å². The number of non-ortho nitro benzene ring substituents is 1. The second-order valence-electron chi connectivity index (χ2n) is 2.60. The molecule has 0 fully saturated rings. The summed E-state index contributed by atoms with van der Waals surface area (Å²) in [6.45, 7) is 0. The van der Waals surface area contributed by atoms with E-state index in [0.29, 0.717) is 13.0 Å². The van der Waals surface area contributed by atoms with Crippen LogP contribution in [0.2, 0.25) is 0 Å². The van der Waals surface area contributed by atoms with E-state index >= 15 is 0 Å². The molecule has 0 aliphatic heterocycles. The fourth-order valence-corrected chi connectivity index (χ4v) is 3.03. The van der Waals surface area contributed by atoms with Crippen LogP contribution in [0.1, 0.15) is 0 Å². The van der Waals surface area contributed by atoms with E-state index < -0.39 is 4.92 Å². The van der Waals surface area contributed by atoms with E-state index in [4.69, 9.17) is 0 Å². The molecule has 2 aromatic rings. The third-order valence-electron chi connectivity index (χ3n) is 1.79. The van der Waals surface area contributed by atoms with Crippen LogP contribution in [-0.2, 0) is 0 Å². The minimum atomic E-state index is -0.492. The molecule has 6 heteroatoms. The van der Waals surface area contributed by atoms with E-state index in [0.717, 1.165) is 11.3 Å². The van der Waals surface area contributed by atoms with E-state index in [2.05, 4.69) is 0 Å². The smallest absolute Gasteiger partial charge is 0.258 e. The zero-order chi connectivity index (χ0) is 10.3. The van der Waals surface area contributed by atoms with Crippen LogP contribution in [-0.4, -0.2) is 4.92 Å². The highest BCUT2D eigenvalue weighted by Crippen LogP contribution is 2.36. The number of hydrogen-bond acceptors (Lipinski definition) is 3. The Hall–Kier alpha value is -0.760. The van der Waals surface area contributed by atoms with Gasteiger partial charge in [0.15, 0.2) is 5.82 Å². The largest absolute Gasteiger partial charge is 0.287 e. The summed E-state index contributed by atoms with van der Waals surface area (Å²) in [4.78, 5) is 10.1. The topological polar surface area (TPSA) is 43.1 Å². The Morgan fingerprint density at radius 1 is 1.50 bits per heavy atom. The van der Waals surface area contributed by atoms with Gasteiger partial charge in [-0.2, -0.15) is 0 Å². The Bertz CT molecular complexity index is 525. The van der Waals surface area contributed by atoms with Gasteiger partial charge in [-0.15, -0.1) is 11.3 Å². The lowest BCUT2D eigenvalue weighted by molar-refractivity contribution is -0.382. The maximum atomic E-state index is 13.4. The molecule has 0 saturated carbocycles. The van der Waals surface area contributed by atoms with Crippen LogP contribution in [0.3, 0.4) is 0 Å². The van der Waals surface area contributed by atoms with Crippen molar-refractivity contribution in [2.24, 2.45) is 0 Å². The molecule has 0 atom stereocenters. The van der Waals surface area contributed by atoms with Gasteiger partial charge >= 0.3 is 0 Å². The lowest BCUT2D eigenvalue weighted by atomic mass is 10.2. The van der Waals surface area contributed by atoms with Crippen LogP contribution in [0.4, 0.5) is 10.1 Å². The van der Waals surface area contributed by atoms with Crippen LogP contribution >= 0.6 is 33.9 Å². The molecule has 14 heavy (non-hydrogen) atoms. The van der Waals surface area contributed by atoms with Crippen molar-refractivity contribution in [1.82, 2.24) is 0 Å². The average molecular weight is 323 g/mol. The van der Waals surface area contributed by atoms with Crippen molar-refractivity contribution >= 4 is 49.7 Å². The fraction of sp³-hybridized carbons (Fsp3) is 0. The van der Waals surface area contributed by atoms with Crippen molar-refractivity contribution in [3.8, 4) is 0 Å². The summed E-state index contributed by atoms with van der Waals surface area (Å²) in [5.41, 5.74) is -0.0330. The molecule has 0 spiro atoms. The first-order valence-electron chi connectivity index (χ1n) is 3.62. The second kappa shape index (κ2) is 3.43. The number of nitro groups is 1. The van der Waals surface area contributed by atoms with Gasteiger partial charge in [-0.3, -0.25) is 10.1 Å². The van der Waals surface area contributed by atoms with Crippen molar-refractivity contribution < 1.29 is 9.31 Å². The van der Waals surface area contributed by atoms with Crippen molar-refractivity contribution in [2.75, 3.05) is 0 Å². The van der Waals surface area contributed by atoms with Gasteiger partial charge < -0.3 is 0 Å². The zero-order valence-electron chi connectivity index (χ0n) is 6.66. The summed E-state index contributed by atoms with van der Waals surface area (Å²) >= 11 is 2.94. The second-order valence-corrected chi connectivity index (χ2v) is 5.43. The van der Waals surface area contributed by atoms with Gasteiger partial charge in [0.05, 0.1) is 4.92 Å². The van der Waals surface area contributed by atoms with Crippen LogP contribution in [0.5, 0.6) is 0 Å². The highest BCUT2D eigenvalue weighted by molar-refractivity contribution is 14.1. The van der Waals surface area contributed by atoms with Gasteiger partial charge in [0.2, 0.25) is 0 Å². The molecular formula is C8H3FINO2S. The van der Waals surface area contributed by atoms with Crippen molar-refractivity contribution in [2.45, 2.75) is 0 Å². The lowest BCUT2D eigenvalue weighted by Crippen LogP contribution is -1.86. The molecule has 1 aromatic carbocycles. The maximum absolute atomic E-state index is 13.4. The monoisotopic (exact) mass is 323 g/mol. The predicted molar refractivity (Wildman–Crippen MR) is 61.2 cm³/mol. The Morgan fingerprint density at radius 3 is 2.86 bits per heavy atom. The van der Waals surface area contributed by atoms with Gasteiger partial charge in [0, 0.05) is 11.5 Å². The Morgan fingerprint density at radius 2 is 2.21 bits per heavy atom. The molecule has 0 unspecified atom stereocenters. The number of halogens is 2. The third kappa shape index (κ3) is 1.38. The normalized spacial score (nSPS) is 10.7. The molecule has 2 rings (SSSR count). The minimum Gasteiger partial charge on any atom is -0.258 e. The molecule has 0 N–H and O–H groups in total. The Balaban J connectivity index is 2.88. The number of benzene rings is 1. The summed E-state index contributed by atoms with van der Waals surface area (Å²) in [6.07, 6.45) is 0.